The number of carbonyl (C=O) groups is 1. The van der Waals surface area contributed by atoms with E-state index in [0.717, 1.165) is 11.3 Å². The first-order chi connectivity index (χ1) is 23.1. The maximum Gasteiger partial charge on any atom is 0.337 e. The molecule has 0 aliphatic carbocycles. The van der Waals surface area contributed by atoms with E-state index in [4.69, 9.17) is 18.9 Å². The average Bonchev–Trinajstić information content (AvgIpc) is 3.38. The molecule has 0 bridgehead atoms. The topological polar surface area (TPSA) is 175 Å². The standard InChI is InChI=1S/C32H27BrN4O10S/c1-4-45-25-11-8-20(15-26(25)46-5-2)28-22(31(39)44-3)16-34-32-35(28)30(38)27(48-32)14-19-12-23(33)29(24(13-19)37(42)43)47-17-18-6-9-21(10-7-18)36(40)41/h6-16,28H,4-5,17H2,1-3H3/b27-14+/t28-/m0/s1. The van der Waals surface area contributed by atoms with Gasteiger partial charge in [-0.2, -0.15) is 0 Å². The van der Waals surface area contributed by atoms with Crippen LogP contribution in [-0.2, 0) is 16.1 Å². The maximum atomic E-state index is 14.0. The predicted octanol–water partition coefficient (Wildman–Crippen LogP) is 4.97. The largest absolute Gasteiger partial charge is 0.490 e. The van der Waals surface area contributed by atoms with Crippen LogP contribution in [0, 0.1) is 20.2 Å². The lowest BCUT2D eigenvalue weighted by Gasteiger charge is -2.23. The third-order valence-electron chi connectivity index (χ3n) is 7.08. The minimum absolute atomic E-state index is 0.0553. The summed E-state index contributed by atoms with van der Waals surface area (Å²) in [7, 11) is 1.24. The first-order valence-electron chi connectivity index (χ1n) is 14.4. The number of halogens is 1. The van der Waals surface area contributed by atoms with Crippen LogP contribution in [0.25, 0.3) is 6.08 Å². The number of benzene rings is 3. The summed E-state index contributed by atoms with van der Waals surface area (Å²) in [6.45, 7) is 4.34. The SMILES string of the molecule is CCOc1ccc([C@H]2C(C(=O)OC)=CN=c3s/c(=C/c4cc(Br)c(OCc5ccc([N+](=O)[O-])cc5)c([N+](=O)[O-])c4)c(=O)n32)cc1OCC. The highest BCUT2D eigenvalue weighted by atomic mass is 79.9. The number of ether oxygens (including phenoxy) is 4. The highest BCUT2D eigenvalue weighted by Crippen LogP contribution is 2.38. The molecule has 0 unspecified atom stereocenters. The fourth-order valence-electron chi connectivity index (χ4n) is 4.97. The van der Waals surface area contributed by atoms with Crippen LogP contribution < -0.4 is 29.1 Å². The molecule has 16 heteroatoms. The van der Waals surface area contributed by atoms with Gasteiger partial charge in [0.05, 0.1) is 50.8 Å². The molecule has 0 spiro atoms. The van der Waals surface area contributed by atoms with Crippen LogP contribution in [0.15, 0.2) is 80.6 Å². The van der Waals surface area contributed by atoms with Crippen molar-refractivity contribution in [2.24, 2.45) is 4.99 Å². The van der Waals surface area contributed by atoms with E-state index in [1.54, 1.807) is 24.3 Å². The number of aromatic nitrogens is 1. The maximum absolute atomic E-state index is 14.0. The van der Waals surface area contributed by atoms with Gasteiger partial charge in [0.1, 0.15) is 6.61 Å². The quantitative estimate of drug-likeness (QED) is 0.110. The second-order valence-corrected chi connectivity index (χ2v) is 11.9. The van der Waals surface area contributed by atoms with Crippen molar-refractivity contribution in [2.45, 2.75) is 26.5 Å². The molecular formula is C32H27BrN4O10S. The summed E-state index contributed by atoms with van der Waals surface area (Å²) >= 11 is 4.40. The Morgan fingerprint density at radius 2 is 1.71 bits per heavy atom. The molecule has 14 nitrogen and oxygen atoms in total. The smallest absolute Gasteiger partial charge is 0.337 e. The molecule has 5 rings (SSSR count). The molecule has 1 aliphatic rings. The number of non-ortho nitro benzene ring substituents is 1. The lowest BCUT2D eigenvalue weighted by atomic mass is 9.97. The molecule has 0 radical (unpaired) electrons. The van der Waals surface area contributed by atoms with Gasteiger partial charge in [0.25, 0.3) is 11.2 Å². The van der Waals surface area contributed by atoms with Crippen molar-refractivity contribution in [1.29, 1.82) is 0 Å². The van der Waals surface area contributed by atoms with E-state index in [-0.39, 0.29) is 38.3 Å². The van der Waals surface area contributed by atoms with E-state index in [0.29, 0.717) is 46.2 Å². The number of thiazole rings is 1. The molecule has 0 saturated heterocycles. The van der Waals surface area contributed by atoms with Gasteiger partial charge in [0.2, 0.25) is 5.75 Å². The molecule has 1 aromatic heterocycles. The molecular weight excluding hydrogens is 712 g/mol. The number of nitrogens with zero attached hydrogens (tertiary/aromatic N) is 4. The van der Waals surface area contributed by atoms with Crippen molar-refractivity contribution in [1.82, 2.24) is 4.57 Å². The van der Waals surface area contributed by atoms with E-state index in [2.05, 4.69) is 20.9 Å². The Hall–Kier alpha value is -5.35. The molecule has 2 heterocycles. The lowest BCUT2D eigenvalue weighted by molar-refractivity contribution is -0.386. The highest BCUT2D eigenvalue weighted by molar-refractivity contribution is 9.10. The van der Waals surface area contributed by atoms with Crippen LogP contribution in [-0.4, -0.2) is 40.7 Å². The third-order valence-corrected chi connectivity index (χ3v) is 8.67. The van der Waals surface area contributed by atoms with E-state index < -0.39 is 27.4 Å². The molecule has 1 atom stereocenters. The van der Waals surface area contributed by atoms with Crippen molar-refractivity contribution in [3.63, 3.8) is 0 Å². The summed E-state index contributed by atoms with van der Waals surface area (Å²) in [4.78, 5) is 53.4. The van der Waals surface area contributed by atoms with Gasteiger partial charge in [-0.1, -0.05) is 17.4 Å². The number of hydrogen-bond acceptors (Lipinski definition) is 12. The zero-order valence-corrected chi connectivity index (χ0v) is 28.1. The minimum Gasteiger partial charge on any atom is -0.490 e. The van der Waals surface area contributed by atoms with Crippen molar-refractivity contribution in [2.75, 3.05) is 20.3 Å². The van der Waals surface area contributed by atoms with Crippen molar-refractivity contribution in [3.05, 3.63) is 127 Å². The van der Waals surface area contributed by atoms with Gasteiger partial charge in [-0.05, 0) is 82.9 Å². The summed E-state index contributed by atoms with van der Waals surface area (Å²) in [5.41, 5.74) is 0.614. The van der Waals surface area contributed by atoms with Crippen molar-refractivity contribution in [3.8, 4) is 17.2 Å². The number of fused-ring (bicyclic) bond motifs is 1. The molecule has 1 aliphatic heterocycles. The molecule has 4 aromatic rings. The Balaban J connectivity index is 1.55. The van der Waals surface area contributed by atoms with Crippen LogP contribution in [0.2, 0.25) is 0 Å². The molecule has 0 fully saturated rings. The molecule has 48 heavy (non-hydrogen) atoms. The zero-order valence-electron chi connectivity index (χ0n) is 25.7. The number of nitro groups is 2. The number of carbonyl (C=O) groups excluding carboxylic acids is 1. The van der Waals surface area contributed by atoms with Crippen LogP contribution in [0.4, 0.5) is 11.4 Å². The van der Waals surface area contributed by atoms with Gasteiger partial charge in [0.15, 0.2) is 16.3 Å². The first kappa shape index (κ1) is 34.0. The van der Waals surface area contributed by atoms with Gasteiger partial charge in [-0.3, -0.25) is 29.6 Å². The Kier molecular flexibility index (Phi) is 10.3. The van der Waals surface area contributed by atoms with Crippen LogP contribution in [0.3, 0.4) is 0 Å². The lowest BCUT2D eigenvalue weighted by Crippen LogP contribution is -2.39. The van der Waals surface area contributed by atoms with Gasteiger partial charge in [0, 0.05) is 24.4 Å². The van der Waals surface area contributed by atoms with Crippen LogP contribution >= 0.6 is 27.3 Å². The fraction of sp³-hybridized carbons (Fsp3) is 0.219. The number of methoxy groups -OCH3 is 1. The summed E-state index contributed by atoms with van der Waals surface area (Å²) < 4.78 is 24.1. The predicted molar refractivity (Wildman–Crippen MR) is 178 cm³/mol. The number of nitro benzene ring substituents is 2. The molecule has 0 saturated carbocycles. The van der Waals surface area contributed by atoms with Crippen LogP contribution in [0.1, 0.15) is 36.6 Å². The Morgan fingerprint density at radius 1 is 1.00 bits per heavy atom. The zero-order chi connectivity index (χ0) is 34.5. The van der Waals surface area contributed by atoms with E-state index in [1.807, 2.05) is 13.8 Å². The van der Waals surface area contributed by atoms with E-state index in [9.17, 15) is 29.8 Å². The first-order valence-corrected chi connectivity index (χ1v) is 16.0. The highest BCUT2D eigenvalue weighted by Gasteiger charge is 2.31. The van der Waals surface area contributed by atoms with Gasteiger partial charge in [-0.15, -0.1) is 0 Å². The van der Waals surface area contributed by atoms with Crippen LogP contribution in [0.5, 0.6) is 17.2 Å². The Labute approximate surface area is 284 Å². The van der Waals surface area contributed by atoms with E-state index in [1.165, 1.54) is 54.3 Å². The van der Waals surface area contributed by atoms with E-state index >= 15 is 0 Å². The summed E-state index contributed by atoms with van der Waals surface area (Å²) in [6.07, 6.45) is 2.85. The number of rotatable bonds is 12. The monoisotopic (exact) mass is 738 g/mol. The van der Waals surface area contributed by atoms with Gasteiger partial charge >= 0.3 is 11.7 Å². The Morgan fingerprint density at radius 3 is 2.35 bits per heavy atom. The van der Waals surface area contributed by atoms with Gasteiger partial charge < -0.3 is 18.9 Å². The number of hydrogen-bond donors (Lipinski definition) is 0. The summed E-state index contributed by atoms with van der Waals surface area (Å²) in [6, 6.07) is 12.7. The average molecular weight is 740 g/mol. The number of esters is 1. The second kappa shape index (κ2) is 14.6. The molecule has 248 valence electrons. The fourth-order valence-corrected chi connectivity index (χ4v) is 6.52. The molecule has 0 N–H and O–H groups in total. The van der Waals surface area contributed by atoms with Crippen molar-refractivity contribution < 1.29 is 33.6 Å². The summed E-state index contributed by atoms with van der Waals surface area (Å²) in [5, 5.41) is 23.0. The van der Waals surface area contributed by atoms with Gasteiger partial charge in [-0.25, -0.2) is 9.79 Å². The summed E-state index contributed by atoms with van der Waals surface area (Å²) in [5.74, 6) is 0.216. The second-order valence-electron chi connectivity index (χ2n) is 10.1. The molecule has 3 aromatic carbocycles. The Bertz CT molecular complexity index is 2130. The van der Waals surface area contributed by atoms with Crippen molar-refractivity contribution >= 4 is 50.7 Å². The third kappa shape index (κ3) is 6.99. The molecule has 0 amide bonds. The minimum atomic E-state index is -0.915. The normalized spacial score (nSPS) is 14.0.